The van der Waals surface area contributed by atoms with Crippen LogP contribution < -0.4 is 10.5 Å². The summed E-state index contributed by atoms with van der Waals surface area (Å²) in [5.41, 5.74) is 6.57. The van der Waals surface area contributed by atoms with Gasteiger partial charge in [-0.2, -0.15) is 0 Å². The van der Waals surface area contributed by atoms with E-state index in [0.29, 0.717) is 5.69 Å². The van der Waals surface area contributed by atoms with Crippen molar-refractivity contribution >= 4 is 27.3 Å². The minimum Gasteiger partial charge on any atom is -0.398 e. The first-order valence-corrected chi connectivity index (χ1v) is 6.38. The molecule has 3 N–H and O–H groups in total. The van der Waals surface area contributed by atoms with Crippen LogP contribution in [0.4, 0.5) is 5.69 Å². The number of halogens is 1. The molecule has 0 spiro atoms. The summed E-state index contributed by atoms with van der Waals surface area (Å²) in [6, 6.07) is 4.18. The lowest BCUT2D eigenvalue weighted by atomic mass is 10.3. The Morgan fingerprint density at radius 3 is 2.69 bits per heavy atom. The van der Waals surface area contributed by atoms with E-state index in [1.807, 2.05) is 0 Å². The Hall–Kier alpha value is -1.04. The van der Waals surface area contributed by atoms with E-state index in [-0.39, 0.29) is 16.5 Å². The monoisotopic (exact) mass is 260 g/mol. The predicted octanol–water partition coefficient (Wildman–Crippen LogP) is 1.78. The third kappa shape index (κ3) is 3.23. The maximum absolute atomic E-state index is 11.7. The van der Waals surface area contributed by atoms with Gasteiger partial charge in [0, 0.05) is 6.54 Å². The van der Waals surface area contributed by atoms with Crippen LogP contribution >= 0.6 is 11.6 Å². The van der Waals surface area contributed by atoms with Gasteiger partial charge in [0.15, 0.2) is 0 Å². The molecule has 0 aliphatic heterocycles. The molecule has 0 aliphatic carbocycles. The smallest absolute Gasteiger partial charge is 0.240 e. The van der Waals surface area contributed by atoms with Crippen LogP contribution in [0, 0.1) is 0 Å². The van der Waals surface area contributed by atoms with E-state index >= 15 is 0 Å². The van der Waals surface area contributed by atoms with E-state index in [4.69, 9.17) is 17.3 Å². The lowest BCUT2D eigenvalue weighted by Crippen LogP contribution is -2.25. The van der Waals surface area contributed by atoms with Crippen LogP contribution in [-0.2, 0) is 10.0 Å². The molecule has 0 radical (unpaired) electrons. The SMILES string of the molecule is C=C(C)CNS(=O)(=O)c1ccc(N)c(Cl)c1. The van der Waals surface area contributed by atoms with Crippen molar-refractivity contribution in [3.05, 3.63) is 35.4 Å². The fourth-order valence-corrected chi connectivity index (χ4v) is 2.35. The molecule has 1 aromatic carbocycles. The molecule has 0 fully saturated rings. The van der Waals surface area contributed by atoms with Gasteiger partial charge in [0.25, 0.3) is 0 Å². The molecule has 0 heterocycles. The number of nitrogens with one attached hydrogen (secondary N) is 1. The number of hydrogen-bond donors (Lipinski definition) is 2. The molecule has 0 unspecified atom stereocenters. The average molecular weight is 261 g/mol. The Morgan fingerprint density at radius 2 is 2.19 bits per heavy atom. The Balaban J connectivity index is 2.99. The van der Waals surface area contributed by atoms with Gasteiger partial charge >= 0.3 is 0 Å². The fourth-order valence-electron chi connectivity index (χ4n) is 0.977. The summed E-state index contributed by atoms with van der Waals surface area (Å²) in [6.07, 6.45) is 0. The number of anilines is 1. The van der Waals surface area contributed by atoms with Gasteiger partial charge in [-0.1, -0.05) is 23.8 Å². The first-order chi connectivity index (χ1) is 7.33. The summed E-state index contributed by atoms with van der Waals surface area (Å²) in [4.78, 5) is 0.0907. The van der Waals surface area contributed by atoms with E-state index in [9.17, 15) is 8.42 Å². The molecular weight excluding hydrogens is 248 g/mol. The molecule has 0 saturated heterocycles. The Morgan fingerprint density at radius 1 is 1.56 bits per heavy atom. The summed E-state index contributed by atoms with van der Waals surface area (Å²) in [7, 11) is -3.55. The summed E-state index contributed by atoms with van der Waals surface area (Å²) >= 11 is 5.75. The zero-order valence-electron chi connectivity index (χ0n) is 8.83. The molecule has 0 aromatic heterocycles. The summed E-state index contributed by atoms with van der Waals surface area (Å²) < 4.78 is 25.9. The number of hydrogen-bond acceptors (Lipinski definition) is 3. The average Bonchev–Trinajstić information content (AvgIpc) is 2.19. The van der Waals surface area contributed by atoms with Gasteiger partial charge < -0.3 is 5.73 Å². The van der Waals surface area contributed by atoms with Crippen molar-refractivity contribution in [3.8, 4) is 0 Å². The molecule has 88 valence electrons. The molecule has 16 heavy (non-hydrogen) atoms. The van der Waals surface area contributed by atoms with Crippen molar-refractivity contribution in [1.82, 2.24) is 4.72 Å². The third-order valence-electron chi connectivity index (χ3n) is 1.85. The lowest BCUT2D eigenvalue weighted by molar-refractivity contribution is 0.585. The highest BCUT2D eigenvalue weighted by Gasteiger charge is 2.14. The summed E-state index contributed by atoms with van der Waals surface area (Å²) in [5, 5.41) is 0.221. The summed E-state index contributed by atoms with van der Waals surface area (Å²) in [6.45, 7) is 5.54. The number of nitrogen functional groups attached to an aromatic ring is 1. The van der Waals surface area contributed by atoms with Crippen molar-refractivity contribution in [1.29, 1.82) is 0 Å². The zero-order valence-corrected chi connectivity index (χ0v) is 10.4. The van der Waals surface area contributed by atoms with Crippen LogP contribution in [-0.4, -0.2) is 15.0 Å². The highest BCUT2D eigenvalue weighted by Crippen LogP contribution is 2.22. The normalized spacial score (nSPS) is 11.4. The predicted molar refractivity (Wildman–Crippen MR) is 65.9 cm³/mol. The van der Waals surface area contributed by atoms with E-state index in [0.717, 1.165) is 5.57 Å². The molecule has 1 rings (SSSR count). The van der Waals surface area contributed by atoms with Crippen LogP contribution in [0.15, 0.2) is 35.2 Å². The van der Waals surface area contributed by atoms with Crippen LogP contribution in [0.2, 0.25) is 5.02 Å². The molecule has 0 amide bonds. The van der Waals surface area contributed by atoms with Gasteiger partial charge in [0.05, 0.1) is 15.6 Å². The molecule has 1 aromatic rings. The van der Waals surface area contributed by atoms with Gasteiger partial charge in [-0.25, -0.2) is 13.1 Å². The largest absolute Gasteiger partial charge is 0.398 e. The highest BCUT2D eigenvalue weighted by atomic mass is 35.5. The van der Waals surface area contributed by atoms with E-state index in [2.05, 4.69) is 11.3 Å². The second kappa shape index (κ2) is 4.86. The summed E-state index contributed by atoms with van der Waals surface area (Å²) in [5.74, 6) is 0. The lowest BCUT2D eigenvalue weighted by Gasteiger charge is -2.07. The first-order valence-electron chi connectivity index (χ1n) is 4.52. The van der Waals surface area contributed by atoms with Crippen LogP contribution in [0.5, 0.6) is 0 Å². The Labute approximate surface area is 100 Å². The van der Waals surface area contributed by atoms with Crippen molar-refractivity contribution < 1.29 is 8.42 Å². The maximum atomic E-state index is 11.7. The van der Waals surface area contributed by atoms with Gasteiger partial charge in [0.1, 0.15) is 0 Å². The van der Waals surface area contributed by atoms with Crippen molar-refractivity contribution in [2.24, 2.45) is 0 Å². The topological polar surface area (TPSA) is 72.2 Å². The minimum absolute atomic E-state index is 0.0907. The van der Waals surface area contributed by atoms with E-state index in [1.165, 1.54) is 18.2 Å². The number of rotatable bonds is 4. The fraction of sp³-hybridized carbons (Fsp3) is 0.200. The number of nitrogens with two attached hydrogens (primary N) is 1. The van der Waals surface area contributed by atoms with Crippen molar-refractivity contribution in [3.63, 3.8) is 0 Å². The zero-order chi connectivity index (χ0) is 12.3. The molecular formula is C10H13ClN2O2S. The van der Waals surface area contributed by atoms with Crippen LogP contribution in [0.3, 0.4) is 0 Å². The number of benzene rings is 1. The molecule has 0 saturated carbocycles. The molecule has 0 bridgehead atoms. The van der Waals surface area contributed by atoms with Gasteiger partial charge in [-0.05, 0) is 25.1 Å². The molecule has 6 heteroatoms. The molecule has 0 atom stereocenters. The van der Waals surface area contributed by atoms with Crippen molar-refractivity contribution in [2.75, 3.05) is 12.3 Å². The van der Waals surface area contributed by atoms with Crippen LogP contribution in [0.1, 0.15) is 6.92 Å². The van der Waals surface area contributed by atoms with Gasteiger partial charge in [-0.15, -0.1) is 0 Å². The third-order valence-corrected chi connectivity index (χ3v) is 3.57. The molecule has 0 aliphatic rings. The van der Waals surface area contributed by atoms with E-state index < -0.39 is 10.0 Å². The van der Waals surface area contributed by atoms with Gasteiger partial charge in [-0.3, -0.25) is 0 Å². The Kier molecular flexibility index (Phi) is 3.96. The standard InChI is InChI=1S/C10H13ClN2O2S/c1-7(2)6-13-16(14,15)8-3-4-10(12)9(11)5-8/h3-5,13H,1,6,12H2,2H3. The second-order valence-electron chi connectivity index (χ2n) is 3.46. The first kappa shape index (κ1) is 13.0. The Bertz CT molecular complexity index is 512. The molecule has 4 nitrogen and oxygen atoms in total. The second-order valence-corrected chi connectivity index (χ2v) is 5.64. The van der Waals surface area contributed by atoms with Crippen LogP contribution in [0.25, 0.3) is 0 Å². The van der Waals surface area contributed by atoms with Crippen molar-refractivity contribution in [2.45, 2.75) is 11.8 Å². The van der Waals surface area contributed by atoms with E-state index in [1.54, 1.807) is 6.92 Å². The highest BCUT2D eigenvalue weighted by molar-refractivity contribution is 7.89. The number of sulfonamides is 1. The van der Waals surface area contributed by atoms with Gasteiger partial charge in [0.2, 0.25) is 10.0 Å². The quantitative estimate of drug-likeness (QED) is 0.640. The maximum Gasteiger partial charge on any atom is 0.240 e. The minimum atomic E-state index is -3.55.